The Morgan fingerprint density at radius 3 is 2.45 bits per heavy atom. The molecule has 44 heavy (non-hydrogen) atoms. The summed E-state index contributed by atoms with van der Waals surface area (Å²) in [5, 5.41) is 44.0. The third-order valence-corrected chi connectivity index (χ3v) is 10.4. The van der Waals surface area contributed by atoms with Crippen LogP contribution in [0.4, 0.5) is 8.78 Å². The molecular weight excluding hydrogens is 566 g/mol. The summed E-state index contributed by atoms with van der Waals surface area (Å²) >= 11 is 0. The predicted molar refractivity (Wildman–Crippen MR) is 157 cm³/mol. The molecule has 0 radical (unpaired) electrons. The molecule has 1 saturated carbocycles. The summed E-state index contributed by atoms with van der Waals surface area (Å²) in [5.74, 6) is -3.97. The number of hydrogen-bond acceptors (Lipinski definition) is 8. The summed E-state index contributed by atoms with van der Waals surface area (Å²) < 4.78 is 40.7. The summed E-state index contributed by atoms with van der Waals surface area (Å²) in [5.41, 5.74) is -2.46. The second kappa shape index (κ2) is 11.0. The number of halogens is 2. The maximum atomic E-state index is 14.0. The summed E-state index contributed by atoms with van der Waals surface area (Å²) in [6.07, 6.45) is 8.61. The van der Waals surface area contributed by atoms with Crippen molar-refractivity contribution in [2.45, 2.75) is 49.7 Å². The molecule has 10 heteroatoms. The normalized spacial score (nSPS) is 33.6. The van der Waals surface area contributed by atoms with E-state index >= 15 is 0 Å². The van der Waals surface area contributed by atoms with Gasteiger partial charge in [0.1, 0.15) is 23.1 Å². The van der Waals surface area contributed by atoms with Gasteiger partial charge in [0.15, 0.2) is 5.60 Å². The molecular formula is C34H36F2N4O4. The van der Waals surface area contributed by atoms with E-state index in [9.17, 15) is 29.5 Å². The Morgan fingerprint density at radius 1 is 1.14 bits per heavy atom. The van der Waals surface area contributed by atoms with Crippen LogP contribution in [-0.2, 0) is 11.2 Å². The van der Waals surface area contributed by atoms with Crippen molar-refractivity contribution in [2.75, 3.05) is 33.4 Å². The highest BCUT2D eigenvalue weighted by molar-refractivity contribution is 5.58. The Bertz CT molecular complexity index is 1570. The van der Waals surface area contributed by atoms with Gasteiger partial charge in [-0.05, 0) is 48.4 Å². The minimum absolute atomic E-state index is 0.0567. The monoisotopic (exact) mass is 602 g/mol. The fraction of sp³-hybridized carbons (Fsp3) is 0.500. The molecule has 0 amide bonds. The van der Waals surface area contributed by atoms with E-state index in [-0.39, 0.29) is 49.9 Å². The van der Waals surface area contributed by atoms with Gasteiger partial charge in [-0.3, -0.25) is 0 Å². The Kier molecular flexibility index (Phi) is 7.52. The summed E-state index contributed by atoms with van der Waals surface area (Å²) in [6, 6.07) is 12.6. The first-order valence-electron chi connectivity index (χ1n) is 15.0. The molecule has 2 aromatic rings. The van der Waals surface area contributed by atoms with E-state index in [4.69, 9.17) is 9.47 Å². The van der Waals surface area contributed by atoms with Crippen molar-refractivity contribution in [3.05, 3.63) is 77.0 Å². The van der Waals surface area contributed by atoms with Crippen LogP contribution in [0.1, 0.15) is 55.0 Å². The van der Waals surface area contributed by atoms with Gasteiger partial charge in [0.05, 0.1) is 24.3 Å². The first kappa shape index (κ1) is 30.2. The molecule has 6 atom stereocenters. The smallest absolute Gasteiger partial charge is 0.250 e. The Hall–Kier alpha value is -3.83. The van der Waals surface area contributed by atoms with Crippen LogP contribution in [0.25, 0.3) is 0 Å². The first-order chi connectivity index (χ1) is 21.1. The van der Waals surface area contributed by atoms with Crippen LogP contribution in [0.3, 0.4) is 0 Å². The molecule has 4 aliphatic rings. The molecule has 1 aromatic carbocycles. The van der Waals surface area contributed by atoms with Crippen LogP contribution >= 0.6 is 0 Å². The number of fused-ring (bicyclic) bond motifs is 3. The molecule has 1 saturated heterocycles. The zero-order valence-corrected chi connectivity index (χ0v) is 24.8. The number of aliphatic hydroxyl groups excluding tert-OH is 1. The van der Waals surface area contributed by atoms with Gasteiger partial charge in [0.2, 0.25) is 5.88 Å². The van der Waals surface area contributed by atoms with Gasteiger partial charge in [0.25, 0.3) is 5.92 Å². The number of aliphatic hydroxyl groups is 2. The average molecular weight is 603 g/mol. The van der Waals surface area contributed by atoms with Gasteiger partial charge in [0, 0.05) is 50.4 Å². The van der Waals surface area contributed by atoms with Crippen molar-refractivity contribution >= 4 is 0 Å². The second-order valence-electron chi connectivity index (χ2n) is 12.7. The number of allylic oxidation sites excluding steroid dienone is 4. The summed E-state index contributed by atoms with van der Waals surface area (Å²) in [7, 11) is 1.42. The molecule has 6 rings (SSSR count). The summed E-state index contributed by atoms with van der Waals surface area (Å²) in [4.78, 5) is 6.39. The van der Waals surface area contributed by atoms with Crippen LogP contribution in [0.2, 0.25) is 0 Å². The van der Waals surface area contributed by atoms with Crippen LogP contribution in [0.5, 0.6) is 11.6 Å². The zero-order valence-electron chi connectivity index (χ0n) is 24.8. The van der Waals surface area contributed by atoms with Crippen LogP contribution in [0.15, 0.2) is 54.6 Å². The lowest BCUT2D eigenvalue weighted by Crippen LogP contribution is -2.54. The molecule has 1 unspecified atom stereocenters. The van der Waals surface area contributed by atoms with E-state index in [0.717, 1.165) is 0 Å². The van der Waals surface area contributed by atoms with Gasteiger partial charge in [-0.25, -0.2) is 13.8 Å². The summed E-state index contributed by atoms with van der Waals surface area (Å²) in [6.45, 7) is 2.74. The molecule has 2 aliphatic carbocycles. The van der Waals surface area contributed by atoms with E-state index in [0.29, 0.717) is 36.1 Å². The lowest BCUT2D eigenvalue weighted by atomic mass is 9.60. The number of ether oxygens (including phenoxy) is 2. The maximum Gasteiger partial charge on any atom is 0.250 e. The van der Waals surface area contributed by atoms with E-state index in [1.54, 1.807) is 24.3 Å². The molecule has 0 bridgehead atoms. The van der Waals surface area contributed by atoms with Crippen molar-refractivity contribution in [2.24, 2.45) is 23.2 Å². The fourth-order valence-corrected chi connectivity index (χ4v) is 8.44. The van der Waals surface area contributed by atoms with Crippen molar-refractivity contribution in [3.63, 3.8) is 0 Å². The van der Waals surface area contributed by atoms with Gasteiger partial charge >= 0.3 is 0 Å². The standard InChI is InChI=1S/C34H36F2N4O4/c1-31(11-4-3-5-12-31)29-25(21-41)26(10-15-40-16-13-32(35,36)14-17-40)33(42)28-27(18-24(20-38)39-30(28)43-2)44-34(29,33)23-8-6-22(19-37)7-9-23/h3-9,11,18,25-26,29,41-42H,10,12-17,21H2,1-2H3/t25-,26-,29-,31?,33+,34-/m0/s1. The molecule has 2 fully saturated rings. The van der Waals surface area contributed by atoms with E-state index in [1.165, 1.54) is 13.2 Å². The third-order valence-electron chi connectivity index (χ3n) is 10.4. The number of rotatable bonds is 7. The van der Waals surface area contributed by atoms with Gasteiger partial charge in [-0.15, -0.1) is 0 Å². The molecule has 2 N–H and O–H groups in total. The number of methoxy groups -OCH3 is 1. The van der Waals surface area contributed by atoms with Gasteiger partial charge in [-0.2, -0.15) is 10.5 Å². The highest BCUT2D eigenvalue weighted by Crippen LogP contribution is 2.73. The topological polar surface area (TPSA) is 123 Å². The number of piperidine rings is 1. The minimum Gasteiger partial charge on any atom is -0.481 e. The number of nitriles is 2. The predicted octanol–water partition coefficient (Wildman–Crippen LogP) is 4.81. The zero-order chi connectivity index (χ0) is 31.3. The highest BCUT2D eigenvalue weighted by atomic mass is 19.3. The van der Waals surface area contributed by atoms with Crippen molar-refractivity contribution in [1.82, 2.24) is 9.88 Å². The molecule has 230 valence electrons. The Balaban J connectivity index is 1.58. The van der Waals surface area contributed by atoms with Crippen molar-refractivity contribution in [1.29, 1.82) is 10.5 Å². The molecule has 0 spiro atoms. The van der Waals surface area contributed by atoms with E-state index in [2.05, 4.69) is 30.1 Å². The Morgan fingerprint density at radius 2 is 1.86 bits per heavy atom. The number of pyridine rings is 1. The molecule has 8 nitrogen and oxygen atoms in total. The minimum atomic E-state index is -2.68. The average Bonchev–Trinajstić information content (AvgIpc) is 3.42. The van der Waals surface area contributed by atoms with Crippen molar-refractivity contribution < 1.29 is 28.5 Å². The van der Waals surface area contributed by atoms with E-state index in [1.807, 2.05) is 23.1 Å². The maximum absolute atomic E-state index is 14.0. The molecule has 1 aromatic heterocycles. The SMILES string of the molecule is COc1nc(C#N)cc2c1[C@]1(O)[C@@H](CCN3CCC(F)(F)CC3)[C@H](CO)[C@@H](C3(C)C=CC=CC3)[C@]1(c1ccc(C#N)cc1)O2. The van der Waals surface area contributed by atoms with Crippen LogP contribution in [-0.4, -0.2) is 59.4 Å². The number of likely N-dealkylation sites (tertiary alicyclic amines) is 1. The largest absolute Gasteiger partial charge is 0.481 e. The van der Waals surface area contributed by atoms with Crippen molar-refractivity contribution in [3.8, 4) is 23.8 Å². The molecule has 2 aliphatic heterocycles. The highest BCUT2D eigenvalue weighted by Gasteiger charge is 2.78. The van der Waals surface area contributed by atoms with Gasteiger partial charge in [-0.1, -0.05) is 43.4 Å². The third kappa shape index (κ3) is 4.42. The number of nitrogens with zero attached hydrogens (tertiary/aromatic N) is 4. The number of benzene rings is 1. The quantitative estimate of drug-likeness (QED) is 0.463. The van der Waals surface area contributed by atoms with Crippen LogP contribution in [0, 0.1) is 45.8 Å². The van der Waals surface area contributed by atoms with Gasteiger partial charge < -0.3 is 24.6 Å². The molecule has 3 heterocycles. The lowest BCUT2D eigenvalue weighted by molar-refractivity contribution is -0.152. The van der Waals surface area contributed by atoms with Crippen LogP contribution < -0.4 is 9.47 Å². The number of alkyl halides is 2. The first-order valence-corrected chi connectivity index (χ1v) is 15.0. The fourth-order valence-electron chi connectivity index (χ4n) is 8.44. The Labute approximate surface area is 255 Å². The number of hydrogen-bond donors (Lipinski definition) is 2. The second-order valence-corrected chi connectivity index (χ2v) is 12.7. The van der Waals surface area contributed by atoms with E-state index < -0.39 is 40.3 Å². The lowest BCUT2D eigenvalue weighted by Gasteiger charge is -2.48. The number of aromatic nitrogens is 1.